The third-order valence-electron chi connectivity index (χ3n) is 2.84. The van der Waals surface area contributed by atoms with E-state index in [9.17, 15) is 15.1 Å². The van der Waals surface area contributed by atoms with Gasteiger partial charge in [0.1, 0.15) is 5.66 Å². The normalized spacial score (nSPS) is 12.7. The highest BCUT2D eigenvalue weighted by Gasteiger charge is 2.43. The van der Waals surface area contributed by atoms with Gasteiger partial charge in [-0.15, -0.1) is 0 Å². The third-order valence-corrected chi connectivity index (χ3v) is 6.09. The maximum Gasteiger partial charge on any atom is 0.340 e. The molecule has 0 saturated carbocycles. The van der Waals surface area contributed by atoms with Crippen LogP contribution in [0.3, 0.4) is 0 Å². The molecular weight excluding hydrogens is 346 g/mol. The zero-order valence-electron chi connectivity index (χ0n) is 12.1. The minimum absolute atomic E-state index is 0.124. The molecule has 0 amide bonds. The van der Waals surface area contributed by atoms with Crippen LogP contribution >= 0.6 is 30.8 Å². The lowest BCUT2D eigenvalue weighted by atomic mass is 10.0. The van der Waals surface area contributed by atoms with E-state index in [4.69, 9.17) is 32.2 Å². The van der Waals surface area contributed by atoms with Gasteiger partial charge in [0.15, 0.2) is 5.92 Å². The van der Waals surface area contributed by atoms with E-state index in [2.05, 4.69) is 0 Å². The Balaban J connectivity index is 3.47. The molecule has 0 N–H and O–H groups in total. The molecule has 0 aromatic heterocycles. The van der Waals surface area contributed by atoms with Gasteiger partial charge in [-0.05, 0) is 31.5 Å². The van der Waals surface area contributed by atoms with E-state index in [0.29, 0.717) is 10.6 Å². The summed E-state index contributed by atoms with van der Waals surface area (Å²) in [6, 6.07) is 8.22. The molecule has 0 radical (unpaired) electrons. The molecule has 0 aliphatic carbocycles. The van der Waals surface area contributed by atoms with Gasteiger partial charge in [0.2, 0.25) is 0 Å². The maximum atomic E-state index is 13.0. The molecule has 0 fully saturated rings. The summed E-state index contributed by atoms with van der Waals surface area (Å²) in [5, 5.41) is 19.0. The fourth-order valence-corrected chi connectivity index (χ4v) is 4.43. The molecule has 0 aliphatic rings. The Bertz CT molecular complexity index is 630. The van der Waals surface area contributed by atoms with Crippen molar-refractivity contribution in [2.45, 2.75) is 19.5 Å². The Labute approximate surface area is 139 Å². The molecular formula is C14H15Cl2N2O3P. The summed E-state index contributed by atoms with van der Waals surface area (Å²) in [6.07, 6.45) is 0. The van der Waals surface area contributed by atoms with Crippen molar-refractivity contribution in [3.05, 3.63) is 33.8 Å². The van der Waals surface area contributed by atoms with Gasteiger partial charge >= 0.3 is 7.60 Å². The van der Waals surface area contributed by atoms with Crippen molar-refractivity contribution < 1.29 is 13.6 Å². The van der Waals surface area contributed by atoms with E-state index in [0.717, 1.165) is 0 Å². The second-order valence-corrected chi connectivity index (χ2v) is 7.20. The molecule has 0 spiro atoms. The first-order chi connectivity index (χ1) is 10.4. The van der Waals surface area contributed by atoms with Crippen molar-refractivity contribution in [2.24, 2.45) is 5.92 Å². The second-order valence-electron chi connectivity index (χ2n) is 4.23. The molecule has 118 valence electrons. The zero-order valence-corrected chi connectivity index (χ0v) is 14.5. The molecule has 1 aromatic carbocycles. The summed E-state index contributed by atoms with van der Waals surface area (Å²) >= 11 is 11.9. The van der Waals surface area contributed by atoms with Crippen molar-refractivity contribution in [3.8, 4) is 12.1 Å². The zero-order chi connectivity index (χ0) is 16.8. The summed E-state index contributed by atoms with van der Waals surface area (Å²) < 4.78 is 23.6. The fraction of sp³-hybridized carbons (Fsp3) is 0.429. The van der Waals surface area contributed by atoms with Gasteiger partial charge in [-0.2, -0.15) is 10.5 Å². The van der Waals surface area contributed by atoms with Crippen LogP contribution in [0.25, 0.3) is 0 Å². The van der Waals surface area contributed by atoms with Crippen LogP contribution < -0.4 is 0 Å². The Morgan fingerprint density at radius 3 is 2.09 bits per heavy atom. The Kier molecular flexibility index (Phi) is 7.36. The number of halogens is 2. The van der Waals surface area contributed by atoms with E-state index < -0.39 is 19.2 Å². The first kappa shape index (κ1) is 19.0. The van der Waals surface area contributed by atoms with E-state index in [1.807, 2.05) is 12.1 Å². The number of benzene rings is 1. The maximum absolute atomic E-state index is 13.0. The molecule has 0 heterocycles. The number of rotatable bonds is 7. The molecule has 1 rings (SSSR count). The summed E-state index contributed by atoms with van der Waals surface area (Å²) in [5.74, 6) is -1.21. The first-order valence-electron chi connectivity index (χ1n) is 6.56. The van der Waals surface area contributed by atoms with Crippen LogP contribution in [0.4, 0.5) is 0 Å². The van der Waals surface area contributed by atoms with Crippen molar-refractivity contribution in [1.82, 2.24) is 0 Å². The molecule has 1 aromatic rings. The van der Waals surface area contributed by atoms with E-state index in [1.165, 1.54) is 12.1 Å². The monoisotopic (exact) mass is 360 g/mol. The molecule has 0 saturated heterocycles. The highest BCUT2D eigenvalue weighted by molar-refractivity contribution is 7.54. The molecule has 5 nitrogen and oxygen atoms in total. The highest BCUT2D eigenvalue weighted by Crippen LogP contribution is 2.63. The van der Waals surface area contributed by atoms with Crippen molar-refractivity contribution >= 4 is 30.8 Å². The average Bonchev–Trinajstić information content (AvgIpc) is 2.48. The molecule has 8 heteroatoms. The van der Waals surface area contributed by atoms with Crippen LogP contribution in [0.15, 0.2) is 18.2 Å². The lowest BCUT2D eigenvalue weighted by Gasteiger charge is -2.27. The van der Waals surface area contributed by atoms with Crippen LogP contribution in [0.5, 0.6) is 0 Å². The SMILES string of the molecule is CCOP(=O)(OCC)C(c1ccc(Cl)c(Cl)c1)C(C#N)C#N. The summed E-state index contributed by atoms with van der Waals surface area (Å²) in [6.45, 7) is 3.56. The van der Waals surface area contributed by atoms with Gasteiger partial charge in [0, 0.05) is 0 Å². The minimum atomic E-state index is -3.72. The van der Waals surface area contributed by atoms with E-state index in [1.54, 1.807) is 19.9 Å². The quantitative estimate of drug-likeness (QED) is 0.641. The predicted octanol–water partition coefficient (Wildman–Crippen LogP) is 4.96. The molecule has 1 atom stereocenters. The minimum Gasteiger partial charge on any atom is -0.308 e. The summed E-state index contributed by atoms with van der Waals surface area (Å²) in [7, 11) is -3.72. The smallest absolute Gasteiger partial charge is 0.308 e. The molecule has 1 unspecified atom stereocenters. The standard InChI is InChI=1S/C14H15Cl2N2O3P/c1-3-20-22(19,21-4-2)14(11(8-17)9-18)10-5-6-12(15)13(16)7-10/h5-7,11,14H,3-4H2,1-2H3. The first-order valence-corrected chi connectivity index (χ1v) is 8.93. The van der Waals surface area contributed by atoms with Crippen LogP contribution in [0, 0.1) is 28.6 Å². The molecule has 0 bridgehead atoms. The van der Waals surface area contributed by atoms with Crippen LogP contribution in [-0.4, -0.2) is 13.2 Å². The predicted molar refractivity (Wildman–Crippen MR) is 84.8 cm³/mol. The van der Waals surface area contributed by atoms with Crippen LogP contribution in [0.2, 0.25) is 10.0 Å². The fourth-order valence-electron chi connectivity index (χ4n) is 1.98. The van der Waals surface area contributed by atoms with Crippen molar-refractivity contribution in [3.63, 3.8) is 0 Å². The van der Waals surface area contributed by atoms with E-state index >= 15 is 0 Å². The highest BCUT2D eigenvalue weighted by atomic mass is 35.5. The Morgan fingerprint density at radius 1 is 1.14 bits per heavy atom. The van der Waals surface area contributed by atoms with E-state index in [-0.39, 0.29) is 18.2 Å². The molecule has 22 heavy (non-hydrogen) atoms. The van der Waals surface area contributed by atoms with Crippen molar-refractivity contribution in [2.75, 3.05) is 13.2 Å². The number of nitriles is 2. The third kappa shape index (κ3) is 4.23. The second kappa shape index (κ2) is 8.53. The number of hydrogen-bond donors (Lipinski definition) is 0. The Hall–Kier alpha value is -1.07. The van der Waals surface area contributed by atoms with Gasteiger partial charge in [-0.3, -0.25) is 4.57 Å². The largest absolute Gasteiger partial charge is 0.340 e. The van der Waals surface area contributed by atoms with Crippen LogP contribution in [0.1, 0.15) is 25.1 Å². The summed E-state index contributed by atoms with van der Waals surface area (Å²) in [4.78, 5) is 0. The summed E-state index contributed by atoms with van der Waals surface area (Å²) in [5.41, 5.74) is -0.648. The van der Waals surface area contributed by atoms with Gasteiger partial charge in [-0.25, -0.2) is 0 Å². The number of nitrogens with zero attached hydrogens (tertiary/aromatic N) is 2. The average molecular weight is 361 g/mol. The van der Waals surface area contributed by atoms with Gasteiger partial charge < -0.3 is 9.05 Å². The number of hydrogen-bond acceptors (Lipinski definition) is 5. The Morgan fingerprint density at radius 2 is 1.68 bits per heavy atom. The van der Waals surface area contributed by atoms with Gasteiger partial charge in [-0.1, -0.05) is 29.3 Å². The lowest BCUT2D eigenvalue weighted by molar-refractivity contribution is 0.209. The van der Waals surface area contributed by atoms with Gasteiger partial charge in [0.25, 0.3) is 0 Å². The van der Waals surface area contributed by atoms with Crippen molar-refractivity contribution in [1.29, 1.82) is 10.5 Å². The van der Waals surface area contributed by atoms with Gasteiger partial charge in [0.05, 0.1) is 35.4 Å². The van der Waals surface area contributed by atoms with Crippen LogP contribution in [-0.2, 0) is 13.6 Å². The molecule has 0 aliphatic heterocycles. The lowest BCUT2D eigenvalue weighted by Crippen LogP contribution is -2.14. The topological polar surface area (TPSA) is 83.1 Å².